The fourth-order valence-electron chi connectivity index (χ4n) is 2.12. The van der Waals surface area contributed by atoms with Gasteiger partial charge < -0.3 is 11.1 Å². The topological polar surface area (TPSA) is 88.3 Å². The van der Waals surface area contributed by atoms with E-state index in [0.717, 1.165) is 4.90 Å². The van der Waals surface area contributed by atoms with Crippen LogP contribution in [0.25, 0.3) is 0 Å². The zero-order valence-electron chi connectivity index (χ0n) is 10.8. The fraction of sp³-hybridized carbons (Fsp3) is 0.0714. The molecule has 2 aromatic rings. The van der Waals surface area contributed by atoms with Crippen molar-refractivity contribution in [2.45, 2.75) is 0 Å². The summed E-state index contributed by atoms with van der Waals surface area (Å²) in [5.41, 5.74) is 7.89. The maximum absolute atomic E-state index is 11.9. The number of carbonyl (C=O) groups excluding carboxylic acids is 2. The summed E-state index contributed by atoms with van der Waals surface area (Å²) in [5, 5.41) is 3.08. The number of pyridine rings is 1. The minimum atomic E-state index is -0.298. The van der Waals surface area contributed by atoms with Crippen LogP contribution in [0.1, 0.15) is 20.7 Å². The molecule has 0 saturated heterocycles. The van der Waals surface area contributed by atoms with Gasteiger partial charge >= 0.3 is 0 Å². The first kappa shape index (κ1) is 12.2. The van der Waals surface area contributed by atoms with E-state index in [1.165, 1.54) is 7.05 Å². The van der Waals surface area contributed by atoms with Crippen LogP contribution in [0.15, 0.2) is 36.5 Å². The van der Waals surface area contributed by atoms with Gasteiger partial charge in [0.25, 0.3) is 11.8 Å². The molecular formula is C14H12N4O2. The fourth-order valence-corrected chi connectivity index (χ4v) is 2.12. The summed E-state index contributed by atoms with van der Waals surface area (Å²) >= 11 is 0. The molecule has 6 nitrogen and oxygen atoms in total. The lowest BCUT2D eigenvalue weighted by atomic mass is 10.1. The highest BCUT2D eigenvalue weighted by Gasteiger charge is 2.32. The van der Waals surface area contributed by atoms with Crippen molar-refractivity contribution in [3.63, 3.8) is 0 Å². The van der Waals surface area contributed by atoms with Gasteiger partial charge in [0.05, 0.1) is 16.8 Å². The Morgan fingerprint density at radius 1 is 1.15 bits per heavy atom. The average molecular weight is 268 g/mol. The van der Waals surface area contributed by atoms with Crippen molar-refractivity contribution in [3.05, 3.63) is 47.7 Å². The molecule has 100 valence electrons. The Morgan fingerprint density at radius 3 is 2.65 bits per heavy atom. The van der Waals surface area contributed by atoms with Gasteiger partial charge in [-0.25, -0.2) is 4.98 Å². The van der Waals surface area contributed by atoms with E-state index in [0.29, 0.717) is 28.3 Å². The second kappa shape index (κ2) is 4.34. The normalized spacial score (nSPS) is 13.6. The Hall–Kier alpha value is -2.89. The van der Waals surface area contributed by atoms with Gasteiger partial charge in [-0.15, -0.1) is 0 Å². The third-order valence-corrected chi connectivity index (χ3v) is 3.21. The molecule has 1 aliphatic heterocycles. The molecule has 0 saturated carbocycles. The van der Waals surface area contributed by atoms with Gasteiger partial charge in [-0.05, 0) is 30.3 Å². The van der Waals surface area contributed by atoms with E-state index in [1.807, 2.05) is 0 Å². The van der Waals surface area contributed by atoms with E-state index in [9.17, 15) is 9.59 Å². The van der Waals surface area contributed by atoms with Gasteiger partial charge in [0.15, 0.2) is 0 Å². The molecule has 0 unspecified atom stereocenters. The second-order valence-corrected chi connectivity index (χ2v) is 4.49. The minimum absolute atomic E-state index is 0.280. The van der Waals surface area contributed by atoms with Gasteiger partial charge in [-0.3, -0.25) is 14.5 Å². The predicted molar refractivity (Wildman–Crippen MR) is 74.8 cm³/mol. The number of aromatic nitrogens is 1. The van der Waals surface area contributed by atoms with Crippen molar-refractivity contribution in [1.82, 2.24) is 9.88 Å². The second-order valence-electron chi connectivity index (χ2n) is 4.49. The Balaban J connectivity index is 1.97. The smallest absolute Gasteiger partial charge is 0.261 e. The first-order chi connectivity index (χ1) is 9.58. The number of fused-ring (bicyclic) bond motifs is 1. The standard InChI is InChI=1S/C14H12N4O2/c1-18-13(19)9-5-4-8(7-10(9)14(18)20)17-11-3-2-6-16-12(11)15/h2-7,17H,1H3,(H2,15,16). The first-order valence-electron chi connectivity index (χ1n) is 6.02. The molecule has 0 fully saturated rings. The minimum Gasteiger partial charge on any atom is -0.382 e. The summed E-state index contributed by atoms with van der Waals surface area (Å²) < 4.78 is 0. The third kappa shape index (κ3) is 1.78. The van der Waals surface area contributed by atoms with Crippen LogP contribution in [0.5, 0.6) is 0 Å². The SMILES string of the molecule is CN1C(=O)c2ccc(Nc3cccnc3N)cc2C1=O. The predicted octanol–water partition coefficient (Wildman–Crippen LogP) is 1.63. The monoisotopic (exact) mass is 268 g/mol. The first-order valence-corrected chi connectivity index (χ1v) is 6.02. The summed E-state index contributed by atoms with van der Waals surface area (Å²) in [6, 6.07) is 8.55. The van der Waals surface area contributed by atoms with Crippen molar-refractivity contribution in [2.75, 3.05) is 18.1 Å². The quantitative estimate of drug-likeness (QED) is 0.808. The van der Waals surface area contributed by atoms with E-state index in [2.05, 4.69) is 10.3 Å². The van der Waals surface area contributed by atoms with E-state index in [4.69, 9.17) is 5.73 Å². The number of imide groups is 1. The molecule has 0 spiro atoms. The van der Waals surface area contributed by atoms with Crippen LogP contribution in [0, 0.1) is 0 Å². The number of anilines is 3. The van der Waals surface area contributed by atoms with Crippen molar-refractivity contribution >= 4 is 29.0 Å². The summed E-state index contributed by atoms with van der Waals surface area (Å²) in [7, 11) is 1.47. The zero-order chi connectivity index (χ0) is 14.3. The van der Waals surface area contributed by atoms with Crippen molar-refractivity contribution < 1.29 is 9.59 Å². The Kier molecular flexibility index (Phi) is 2.64. The highest BCUT2D eigenvalue weighted by molar-refractivity contribution is 6.21. The van der Waals surface area contributed by atoms with Gasteiger partial charge in [0.2, 0.25) is 0 Å². The van der Waals surface area contributed by atoms with Crippen LogP contribution in [0.3, 0.4) is 0 Å². The van der Waals surface area contributed by atoms with E-state index in [-0.39, 0.29) is 11.8 Å². The molecule has 6 heteroatoms. The van der Waals surface area contributed by atoms with Crippen LogP contribution >= 0.6 is 0 Å². The molecule has 1 aromatic carbocycles. The maximum Gasteiger partial charge on any atom is 0.261 e. The number of hydrogen-bond donors (Lipinski definition) is 2. The van der Waals surface area contributed by atoms with Crippen molar-refractivity contribution in [1.29, 1.82) is 0 Å². The molecule has 0 atom stereocenters. The molecule has 2 amide bonds. The van der Waals surface area contributed by atoms with Crippen LogP contribution < -0.4 is 11.1 Å². The van der Waals surface area contributed by atoms with Gasteiger partial charge in [-0.1, -0.05) is 0 Å². The van der Waals surface area contributed by atoms with Crippen LogP contribution in [-0.2, 0) is 0 Å². The summed E-state index contributed by atoms with van der Waals surface area (Å²) in [4.78, 5) is 28.8. The number of hydrogen-bond acceptors (Lipinski definition) is 5. The summed E-state index contributed by atoms with van der Waals surface area (Å²) in [6.07, 6.45) is 1.60. The molecule has 0 radical (unpaired) electrons. The van der Waals surface area contributed by atoms with Crippen molar-refractivity contribution in [2.24, 2.45) is 0 Å². The van der Waals surface area contributed by atoms with Gasteiger partial charge in [0, 0.05) is 18.9 Å². The van der Waals surface area contributed by atoms with Crippen LogP contribution in [0.2, 0.25) is 0 Å². The molecule has 0 aliphatic carbocycles. The number of nitrogen functional groups attached to an aromatic ring is 1. The van der Waals surface area contributed by atoms with E-state index < -0.39 is 0 Å². The molecular weight excluding hydrogens is 256 g/mol. The largest absolute Gasteiger partial charge is 0.382 e. The lowest BCUT2D eigenvalue weighted by molar-refractivity contribution is 0.0693. The lowest BCUT2D eigenvalue weighted by Gasteiger charge is -2.08. The molecule has 2 heterocycles. The molecule has 0 bridgehead atoms. The Morgan fingerprint density at radius 2 is 1.90 bits per heavy atom. The number of nitrogens with zero attached hydrogens (tertiary/aromatic N) is 2. The average Bonchev–Trinajstić information content (AvgIpc) is 2.66. The Labute approximate surface area is 115 Å². The molecule has 1 aromatic heterocycles. The number of rotatable bonds is 2. The van der Waals surface area contributed by atoms with Crippen LogP contribution in [0.4, 0.5) is 17.2 Å². The molecule has 20 heavy (non-hydrogen) atoms. The number of benzene rings is 1. The van der Waals surface area contributed by atoms with E-state index in [1.54, 1.807) is 36.5 Å². The highest BCUT2D eigenvalue weighted by Crippen LogP contribution is 2.27. The number of amides is 2. The maximum atomic E-state index is 11.9. The van der Waals surface area contributed by atoms with Gasteiger partial charge in [-0.2, -0.15) is 0 Å². The zero-order valence-corrected chi connectivity index (χ0v) is 10.8. The number of nitrogens with one attached hydrogen (secondary N) is 1. The Bertz CT molecular complexity index is 727. The third-order valence-electron chi connectivity index (χ3n) is 3.21. The molecule has 1 aliphatic rings. The number of carbonyl (C=O) groups is 2. The van der Waals surface area contributed by atoms with Crippen molar-refractivity contribution in [3.8, 4) is 0 Å². The highest BCUT2D eigenvalue weighted by atomic mass is 16.2. The van der Waals surface area contributed by atoms with E-state index >= 15 is 0 Å². The molecule has 3 N–H and O–H groups in total. The summed E-state index contributed by atoms with van der Waals surface area (Å²) in [6.45, 7) is 0. The number of nitrogens with two attached hydrogens (primary N) is 1. The van der Waals surface area contributed by atoms with Gasteiger partial charge in [0.1, 0.15) is 5.82 Å². The molecule has 3 rings (SSSR count). The lowest BCUT2D eigenvalue weighted by Crippen LogP contribution is -2.24. The summed E-state index contributed by atoms with van der Waals surface area (Å²) in [5.74, 6) is -0.210. The van der Waals surface area contributed by atoms with Crippen LogP contribution in [-0.4, -0.2) is 28.7 Å².